The molecule has 11 heteroatoms. The molecule has 10 nitrogen and oxygen atoms in total. The van der Waals surface area contributed by atoms with Gasteiger partial charge < -0.3 is 15.7 Å². The van der Waals surface area contributed by atoms with Crippen LogP contribution in [-0.4, -0.2) is 24.6 Å². The molecule has 0 radical (unpaired) electrons. The largest absolute Gasteiger partial charge is 0.494 e. The van der Waals surface area contributed by atoms with Gasteiger partial charge in [0, 0.05) is 23.5 Å². The lowest BCUT2D eigenvalue weighted by atomic mass is 10.1. The molecule has 0 aliphatic heterocycles. The lowest BCUT2D eigenvalue weighted by Crippen LogP contribution is -2.20. The molecule has 35 heavy (non-hydrogen) atoms. The summed E-state index contributed by atoms with van der Waals surface area (Å²) in [7, 11) is 0. The van der Waals surface area contributed by atoms with Crippen LogP contribution in [0.5, 0.6) is 5.88 Å². The van der Waals surface area contributed by atoms with E-state index in [2.05, 4.69) is 35.8 Å². The number of hydrogen-bond acceptors (Lipinski definition) is 9. The first-order valence-electron chi connectivity index (χ1n) is 10.8. The first-order valence-corrected chi connectivity index (χ1v) is 11.2. The van der Waals surface area contributed by atoms with Crippen LogP contribution in [0.3, 0.4) is 0 Å². The Morgan fingerprint density at radius 1 is 0.914 bits per heavy atom. The fourth-order valence-electron chi connectivity index (χ4n) is 3.34. The first-order chi connectivity index (χ1) is 16.9. The van der Waals surface area contributed by atoms with E-state index >= 15 is 0 Å². The predicted octanol–water partition coefficient (Wildman–Crippen LogP) is 5.93. The SMILES string of the molecule is CCn1c(O)c(C)c(C)c(N=Nc2cccc(Nc3nc(Cl)nc(Nc4ccccc4)n3)c2)c1=O. The minimum absolute atomic E-state index is 0.0298. The summed E-state index contributed by atoms with van der Waals surface area (Å²) in [6.45, 7) is 5.57. The van der Waals surface area contributed by atoms with Crippen molar-refractivity contribution in [3.63, 3.8) is 0 Å². The number of benzene rings is 2. The maximum Gasteiger partial charge on any atom is 0.281 e. The van der Waals surface area contributed by atoms with Gasteiger partial charge in [0.15, 0.2) is 11.6 Å². The smallest absolute Gasteiger partial charge is 0.281 e. The van der Waals surface area contributed by atoms with E-state index in [0.29, 0.717) is 35.0 Å². The highest BCUT2D eigenvalue weighted by atomic mass is 35.5. The molecule has 3 N–H and O–H groups in total. The molecule has 0 bridgehead atoms. The van der Waals surface area contributed by atoms with Gasteiger partial charge in [0.05, 0.1) is 5.69 Å². The van der Waals surface area contributed by atoms with Crippen molar-refractivity contribution >= 4 is 46.2 Å². The third kappa shape index (κ3) is 5.44. The lowest BCUT2D eigenvalue weighted by Gasteiger charge is -2.12. The fraction of sp³-hybridized carbons (Fsp3) is 0.167. The second kappa shape index (κ2) is 10.3. The van der Waals surface area contributed by atoms with Gasteiger partial charge in [-0.2, -0.15) is 20.1 Å². The number of halogens is 1. The minimum atomic E-state index is -0.399. The molecule has 0 atom stereocenters. The predicted molar refractivity (Wildman–Crippen MR) is 136 cm³/mol. The number of para-hydroxylation sites is 1. The third-order valence-corrected chi connectivity index (χ3v) is 5.45. The molecule has 4 rings (SSSR count). The number of nitrogens with zero attached hydrogens (tertiary/aromatic N) is 6. The van der Waals surface area contributed by atoms with Gasteiger partial charge in [-0.05, 0) is 68.3 Å². The van der Waals surface area contributed by atoms with Crippen molar-refractivity contribution in [2.24, 2.45) is 10.2 Å². The number of aromatic nitrogens is 4. The average Bonchev–Trinajstić information content (AvgIpc) is 2.83. The van der Waals surface area contributed by atoms with Crippen LogP contribution >= 0.6 is 11.6 Å². The van der Waals surface area contributed by atoms with Crippen LogP contribution < -0.4 is 16.2 Å². The summed E-state index contributed by atoms with van der Waals surface area (Å²) in [5.74, 6) is 0.477. The van der Waals surface area contributed by atoms with Crippen molar-refractivity contribution < 1.29 is 5.11 Å². The zero-order chi connectivity index (χ0) is 24.9. The van der Waals surface area contributed by atoms with Crippen molar-refractivity contribution in [1.82, 2.24) is 19.5 Å². The van der Waals surface area contributed by atoms with E-state index in [-0.39, 0.29) is 22.8 Å². The molecule has 2 aromatic carbocycles. The number of nitrogens with one attached hydrogen (secondary N) is 2. The molecule has 0 aliphatic rings. The molecule has 4 aromatic rings. The summed E-state index contributed by atoms with van der Waals surface area (Å²) in [6.07, 6.45) is 0. The highest BCUT2D eigenvalue weighted by molar-refractivity contribution is 6.28. The zero-order valence-electron chi connectivity index (χ0n) is 19.3. The maximum atomic E-state index is 12.7. The van der Waals surface area contributed by atoms with E-state index < -0.39 is 5.56 Å². The average molecular weight is 491 g/mol. The minimum Gasteiger partial charge on any atom is -0.494 e. The first kappa shape index (κ1) is 23.8. The number of aromatic hydroxyl groups is 1. The van der Waals surface area contributed by atoms with Gasteiger partial charge in [0.25, 0.3) is 5.56 Å². The Kier molecular flexibility index (Phi) is 7.02. The van der Waals surface area contributed by atoms with Crippen LogP contribution in [0.25, 0.3) is 0 Å². The van der Waals surface area contributed by atoms with Crippen LogP contribution in [0.2, 0.25) is 5.28 Å². The summed E-state index contributed by atoms with van der Waals surface area (Å²) in [5, 5.41) is 24.8. The van der Waals surface area contributed by atoms with Crippen LogP contribution in [0.15, 0.2) is 69.6 Å². The molecule has 0 spiro atoms. The number of anilines is 4. The number of azo groups is 1. The molecule has 2 heterocycles. The van der Waals surface area contributed by atoms with Gasteiger partial charge in [-0.15, -0.1) is 5.11 Å². The molecular weight excluding hydrogens is 468 g/mol. The summed E-state index contributed by atoms with van der Waals surface area (Å²) < 4.78 is 1.26. The van der Waals surface area contributed by atoms with Gasteiger partial charge in [0.1, 0.15) is 0 Å². The van der Waals surface area contributed by atoms with E-state index in [0.717, 1.165) is 5.69 Å². The fourth-order valence-corrected chi connectivity index (χ4v) is 3.50. The van der Waals surface area contributed by atoms with E-state index in [1.54, 1.807) is 45.0 Å². The van der Waals surface area contributed by atoms with E-state index in [4.69, 9.17) is 11.6 Å². The molecular formula is C24H23ClN8O2. The summed E-state index contributed by atoms with van der Waals surface area (Å²) in [5.41, 5.74) is 2.90. The molecule has 178 valence electrons. The summed E-state index contributed by atoms with van der Waals surface area (Å²) >= 11 is 6.08. The lowest BCUT2D eigenvalue weighted by molar-refractivity contribution is 0.406. The van der Waals surface area contributed by atoms with Crippen molar-refractivity contribution in [2.75, 3.05) is 10.6 Å². The number of pyridine rings is 1. The quantitative estimate of drug-likeness (QED) is 0.273. The van der Waals surface area contributed by atoms with E-state index in [1.807, 2.05) is 30.3 Å². The monoisotopic (exact) mass is 490 g/mol. The van der Waals surface area contributed by atoms with Crippen molar-refractivity contribution in [3.8, 4) is 5.88 Å². The topological polar surface area (TPSA) is 130 Å². The Hall–Kier alpha value is -4.31. The highest BCUT2D eigenvalue weighted by Gasteiger charge is 2.15. The third-order valence-electron chi connectivity index (χ3n) is 5.28. The molecule has 0 saturated heterocycles. The Labute approximate surface area is 206 Å². The maximum absolute atomic E-state index is 12.7. The van der Waals surface area contributed by atoms with E-state index in [1.165, 1.54) is 4.57 Å². The van der Waals surface area contributed by atoms with Gasteiger partial charge in [-0.25, -0.2) is 0 Å². The van der Waals surface area contributed by atoms with Crippen molar-refractivity contribution in [2.45, 2.75) is 27.3 Å². The van der Waals surface area contributed by atoms with Crippen LogP contribution in [-0.2, 0) is 6.54 Å². The molecule has 2 aromatic heterocycles. The van der Waals surface area contributed by atoms with Gasteiger partial charge >= 0.3 is 0 Å². The Balaban J connectivity index is 1.58. The number of hydrogen-bond donors (Lipinski definition) is 3. The second-order valence-electron chi connectivity index (χ2n) is 7.59. The van der Waals surface area contributed by atoms with Crippen molar-refractivity contribution in [1.29, 1.82) is 0 Å². The summed E-state index contributed by atoms with van der Waals surface area (Å²) in [6, 6.07) is 16.5. The molecule has 0 fully saturated rings. The molecule has 0 aliphatic carbocycles. The molecule has 0 amide bonds. The Morgan fingerprint density at radius 2 is 1.57 bits per heavy atom. The Bertz CT molecular complexity index is 1450. The van der Waals surface area contributed by atoms with Crippen LogP contribution in [0.4, 0.5) is 34.6 Å². The van der Waals surface area contributed by atoms with Crippen LogP contribution in [0, 0.1) is 13.8 Å². The summed E-state index contributed by atoms with van der Waals surface area (Å²) in [4.78, 5) is 25.3. The van der Waals surface area contributed by atoms with Crippen LogP contribution in [0.1, 0.15) is 18.1 Å². The van der Waals surface area contributed by atoms with Crippen molar-refractivity contribution in [3.05, 3.63) is 81.4 Å². The molecule has 0 unspecified atom stereocenters. The van der Waals surface area contributed by atoms with Gasteiger partial charge in [-0.1, -0.05) is 24.3 Å². The zero-order valence-corrected chi connectivity index (χ0v) is 20.1. The molecule has 0 saturated carbocycles. The highest BCUT2D eigenvalue weighted by Crippen LogP contribution is 2.28. The van der Waals surface area contributed by atoms with E-state index in [9.17, 15) is 9.90 Å². The normalized spacial score (nSPS) is 11.1. The number of rotatable bonds is 7. The second-order valence-corrected chi connectivity index (χ2v) is 7.93. The Morgan fingerprint density at radius 3 is 2.26 bits per heavy atom. The standard InChI is InChI=1S/C24H23ClN8O2/c1-4-33-20(34)15(3)14(2)19(21(33)35)32-31-18-12-8-11-17(13-18)27-24-29-22(25)28-23(30-24)26-16-9-6-5-7-10-16/h5-13,34H,4H2,1-3H3,(H2,26,27,28,29,30). The van der Waals surface area contributed by atoms with Gasteiger partial charge in [0.2, 0.25) is 17.2 Å². The van der Waals surface area contributed by atoms with Gasteiger partial charge in [-0.3, -0.25) is 9.36 Å².